The Balaban J connectivity index is 0.00000169. The number of hydrogen-bond acceptors (Lipinski definition) is 4. The van der Waals surface area contributed by atoms with Crippen LogP contribution in [0.4, 0.5) is 0 Å². The number of nitrogens with zero attached hydrogens (tertiary/aromatic N) is 2. The fraction of sp³-hybridized carbons (Fsp3) is 0.889. The van der Waals surface area contributed by atoms with E-state index in [1.165, 1.54) is 25.7 Å². The number of piperidine rings is 1. The summed E-state index contributed by atoms with van der Waals surface area (Å²) in [4.78, 5) is 28.9. The molecule has 1 aliphatic carbocycles. The Labute approximate surface area is 169 Å². The maximum atomic E-state index is 12.5. The van der Waals surface area contributed by atoms with E-state index in [1.807, 2.05) is 4.90 Å². The van der Waals surface area contributed by atoms with Crippen molar-refractivity contribution in [3.63, 3.8) is 0 Å². The van der Waals surface area contributed by atoms with Gasteiger partial charge >= 0.3 is 0 Å². The minimum atomic E-state index is 0. The van der Waals surface area contributed by atoms with E-state index < -0.39 is 0 Å². The van der Waals surface area contributed by atoms with Gasteiger partial charge in [-0.2, -0.15) is 0 Å². The molecule has 8 heteroatoms. The summed E-state index contributed by atoms with van der Waals surface area (Å²) in [5.41, 5.74) is 0. The van der Waals surface area contributed by atoms with Gasteiger partial charge in [-0.15, -0.1) is 24.8 Å². The number of carbonyl (C=O) groups excluding carboxylic acids is 2. The molecule has 152 valence electrons. The fourth-order valence-corrected chi connectivity index (χ4v) is 4.13. The van der Waals surface area contributed by atoms with Crippen molar-refractivity contribution in [2.24, 2.45) is 0 Å². The standard InChI is InChI=1S/C18H32N4O2.2ClH/c23-17(20-15-6-2-1-3-7-15)14-21-10-12-22(13-11-21)18(24)16-8-4-5-9-19-16;;/h15-16,19H,1-14H2,(H,20,23);2*1H/t16-;;/m1../s1. The minimum absolute atomic E-state index is 0. The molecule has 26 heavy (non-hydrogen) atoms. The van der Waals surface area contributed by atoms with Gasteiger partial charge in [0.2, 0.25) is 11.8 Å². The minimum Gasteiger partial charge on any atom is -0.352 e. The van der Waals surface area contributed by atoms with Crippen LogP contribution in [0, 0.1) is 0 Å². The molecule has 0 aromatic rings. The molecule has 0 aromatic heterocycles. The second kappa shape index (κ2) is 12.0. The smallest absolute Gasteiger partial charge is 0.239 e. The second-order valence-electron chi connectivity index (χ2n) is 7.51. The first kappa shape index (κ1) is 23.5. The highest BCUT2D eigenvalue weighted by molar-refractivity contribution is 5.85. The largest absolute Gasteiger partial charge is 0.352 e. The fourth-order valence-electron chi connectivity index (χ4n) is 4.13. The Morgan fingerprint density at radius 3 is 2.15 bits per heavy atom. The van der Waals surface area contributed by atoms with E-state index in [2.05, 4.69) is 15.5 Å². The first-order valence-corrected chi connectivity index (χ1v) is 9.76. The lowest BCUT2D eigenvalue weighted by atomic mass is 9.95. The highest BCUT2D eigenvalue weighted by Crippen LogP contribution is 2.17. The molecule has 1 atom stereocenters. The van der Waals surface area contributed by atoms with Gasteiger partial charge in [-0.25, -0.2) is 0 Å². The summed E-state index contributed by atoms with van der Waals surface area (Å²) in [6.45, 7) is 4.52. The Morgan fingerprint density at radius 2 is 1.54 bits per heavy atom. The monoisotopic (exact) mass is 408 g/mol. The number of carbonyl (C=O) groups is 2. The van der Waals surface area contributed by atoms with Crippen molar-refractivity contribution in [3.05, 3.63) is 0 Å². The van der Waals surface area contributed by atoms with Crippen LogP contribution in [0.25, 0.3) is 0 Å². The van der Waals surface area contributed by atoms with Gasteiger partial charge in [-0.3, -0.25) is 14.5 Å². The summed E-state index contributed by atoms with van der Waals surface area (Å²) in [7, 11) is 0. The molecule has 3 fully saturated rings. The zero-order chi connectivity index (χ0) is 16.8. The molecule has 0 aromatic carbocycles. The summed E-state index contributed by atoms with van der Waals surface area (Å²) in [6.07, 6.45) is 9.31. The molecule has 3 aliphatic rings. The van der Waals surface area contributed by atoms with Crippen molar-refractivity contribution in [3.8, 4) is 0 Å². The van der Waals surface area contributed by atoms with Gasteiger partial charge in [-0.05, 0) is 32.2 Å². The summed E-state index contributed by atoms with van der Waals surface area (Å²) >= 11 is 0. The molecule has 2 aliphatic heterocycles. The molecular formula is C18H34Cl2N4O2. The van der Waals surface area contributed by atoms with E-state index in [9.17, 15) is 9.59 Å². The number of halogens is 2. The van der Waals surface area contributed by atoms with Crippen LogP contribution in [0.5, 0.6) is 0 Å². The molecule has 6 nitrogen and oxygen atoms in total. The number of amides is 2. The van der Waals surface area contributed by atoms with Crippen molar-refractivity contribution >= 4 is 36.6 Å². The van der Waals surface area contributed by atoms with Gasteiger partial charge in [0.15, 0.2) is 0 Å². The number of hydrogen-bond donors (Lipinski definition) is 2. The average Bonchev–Trinajstić information content (AvgIpc) is 2.63. The summed E-state index contributed by atoms with van der Waals surface area (Å²) in [5, 5.41) is 6.52. The van der Waals surface area contributed by atoms with E-state index in [0.29, 0.717) is 12.6 Å². The molecule has 0 spiro atoms. The third-order valence-electron chi connectivity index (χ3n) is 5.63. The van der Waals surface area contributed by atoms with Gasteiger partial charge in [0.05, 0.1) is 12.6 Å². The van der Waals surface area contributed by atoms with E-state index in [4.69, 9.17) is 0 Å². The highest BCUT2D eigenvalue weighted by Gasteiger charge is 2.28. The van der Waals surface area contributed by atoms with Crippen LogP contribution in [0.1, 0.15) is 51.4 Å². The van der Waals surface area contributed by atoms with Crippen LogP contribution in [-0.4, -0.2) is 73.0 Å². The van der Waals surface area contributed by atoms with Crippen LogP contribution >= 0.6 is 24.8 Å². The third kappa shape index (κ3) is 6.87. The molecule has 2 saturated heterocycles. The maximum absolute atomic E-state index is 12.5. The lowest BCUT2D eigenvalue weighted by molar-refractivity contribution is -0.136. The van der Waals surface area contributed by atoms with E-state index in [0.717, 1.165) is 58.4 Å². The first-order chi connectivity index (χ1) is 11.7. The lowest BCUT2D eigenvalue weighted by Crippen LogP contribution is -2.56. The van der Waals surface area contributed by atoms with Crippen molar-refractivity contribution in [2.75, 3.05) is 39.3 Å². The zero-order valence-corrected chi connectivity index (χ0v) is 17.2. The molecule has 2 N–H and O–H groups in total. The predicted molar refractivity (Wildman–Crippen MR) is 108 cm³/mol. The van der Waals surface area contributed by atoms with Crippen molar-refractivity contribution in [2.45, 2.75) is 63.5 Å². The molecule has 0 bridgehead atoms. The third-order valence-corrected chi connectivity index (χ3v) is 5.63. The average molecular weight is 409 g/mol. The van der Waals surface area contributed by atoms with Gasteiger partial charge in [0, 0.05) is 32.2 Å². The van der Waals surface area contributed by atoms with E-state index >= 15 is 0 Å². The van der Waals surface area contributed by atoms with E-state index in [-0.39, 0.29) is 42.7 Å². The van der Waals surface area contributed by atoms with Gasteiger partial charge in [-0.1, -0.05) is 25.7 Å². The normalized spacial score (nSPS) is 24.9. The molecule has 2 amide bonds. The SMILES string of the molecule is Cl.Cl.O=C(CN1CCN(C(=O)[C@H]2CCCCN2)CC1)NC1CCCCC1. The summed E-state index contributed by atoms with van der Waals surface area (Å²) in [6, 6.07) is 0.395. The van der Waals surface area contributed by atoms with Crippen LogP contribution < -0.4 is 10.6 Å². The molecule has 0 radical (unpaired) electrons. The zero-order valence-electron chi connectivity index (χ0n) is 15.6. The van der Waals surface area contributed by atoms with Gasteiger partial charge in [0.25, 0.3) is 0 Å². The Hall–Kier alpha value is -0.560. The molecule has 3 rings (SSSR count). The predicted octanol–water partition coefficient (Wildman–Crippen LogP) is 1.57. The number of piperazine rings is 1. The van der Waals surface area contributed by atoms with Crippen LogP contribution in [0.15, 0.2) is 0 Å². The van der Waals surface area contributed by atoms with Crippen molar-refractivity contribution in [1.29, 1.82) is 0 Å². The number of nitrogens with one attached hydrogen (secondary N) is 2. The molecular weight excluding hydrogens is 375 g/mol. The van der Waals surface area contributed by atoms with E-state index in [1.54, 1.807) is 0 Å². The van der Waals surface area contributed by atoms with Crippen LogP contribution in [-0.2, 0) is 9.59 Å². The summed E-state index contributed by atoms with van der Waals surface area (Å²) in [5.74, 6) is 0.400. The first-order valence-electron chi connectivity index (χ1n) is 9.76. The topological polar surface area (TPSA) is 64.7 Å². The lowest BCUT2D eigenvalue weighted by Gasteiger charge is -2.37. The molecule has 1 saturated carbocycles. The maximum Gasteiger partial charge on any atom is 0.239 e. The van der Waals surface area contributed by atoms with Gasteiger partial charge in [0.1, 0.15) is 0 Å². The Bertz CT molecular complexity index is 433. The Kier molecular flexibility index (Phi) is 10.8. The quantitative estimate of drug-likeness (QED) is 0.740. The molecule has 2 heterocycles. The summed E-state index contributed by atoms with van der Waals surface area (Å²) < 4.78 is 0. The van der Waals surface area contributed by atoms with Crippen molar-refractivity contribution < 1.29 is 9.59 Å². The van der Waals surface area contributed by atoms with Crippen LogP contribution in [0.3, 0.4) is 0 Å². The number of rotatable bonds is 4. The Morgan fingerprint density at radius 1 is 0.885 bits per heavy atom. The second-order valence-corrected chi connectivity index (χ2v) is 7.51. The molecule has 0 unspecified atom stereocenters. The van der Waals surface area contributed by atoms with Crippen LogP contribution in [0.2, 0.25) is 0 Å². The van der Waals surface area contributed by atoms with Gasteiger partial charge < -0.3 is 15.5 Å². The van der Waals surface area contributed by atoms with Crippen molar-refractivity contribution in [1.82, 2.24) is 20.4 Å². The highest BCUT2D eigenvalue weighted by atomic mass is 35.5.